The van der Waals surface area contributed by atoms with E-state index in [1.165, 1.54) is 11.9 Å². The number of amides is 2. The minimum atomic E-state index is -0.984. The molecule has 126 valence electrons. The predicted octanol–water partition coefficient (Wildman–Crippen LogP) is 2.77. The highest BCUT2D eigenvalue weighted by Gasteiger charge is 2.18. The van der Waals surface area contributed by atoms with Gasteiger partial charge in [-0.3, -0.25) is 0 Å². The molecule has 2 aromatic rings. The first-order chi connectivity index (χ1) is 10.9. The van der Waals surface area contributed by atoms with Crippen molar-refractivity contribution >= 4 is 34.3 Å². The number of urea groups is 1. The number of carbonyl (C=O) groups excluding carboxylic acids is 1. The second-order valence-corrected chi connectivity index (χ2v) is 5.92. The molecular weight excluding hydrogens is 320 g/mol. The molecule has 0 bridgehead atoms. The highest BCUT2D eigenvalue weighted by atomic mass is 35.5. The fourth-order valence-electron chi connectivity index (χ4n) is 2.43. The summed E-state index contributed by atoms with van der Waals surface area (Å²) in [5, 5.41) is 22.4. The summed E-state index contributed by atoms with van der Waals surface area (Å²) in [5.74, 6) is 0.849. The molecule has 0 radical (unpaired) electrons. The summed E-state index contributed by atoms with van der Waals surface area (Å²) in [6.07, 6.45) is -0.239. The Morgan fingerprint density at radius 1 is 1.48 bits per heavy atom. The first kappa shape index (κ1) is 17.6. The largest absolute Gasteiger partial charge is 0.459 e. The molecule has 1 heterocycles. The first-order valence-corrected chi connectivity index (χ1v) is 7.77. The zero-order chi connectivity index (χ0) is 17.1. The Kier molecular flexibility index (Phi) is 5.51. The number of carbonyl (C=O) groups is 1. The van der Waals surface area contributed by atoms with Crippen LogP contribution in [-0.2, 0) is 6.42 Å². The molecule has 7 heteroatoms. The number of anilines is 1. The number of nitrogens with zero attached hydrogens (tertiary/aromatic N) is 1. The van der Waals surface area contributed by atoms with E-state index in [2.05, 4.69) is 5.32 Å². The number of benzene rings is 1. The molecule has 23 heavy (non-hydrogen) atoms. The second-order valence-electron chi connectivity index (χ2n) is 5.48. The Bertz CT molecular complexity index is 714. The summed E-state index contributed by atoms with van der Waals surface area (Å²) in [6.45, 7) is 3.56. The van der Waals surface area contributed by atoms with Crippen molar-refractivity contribution in [1.82, 2.24) is 4.90 Å². The van der Waals surface area contributed by atoms with E-state index in [-0.39, 0.29) is 6.54 Å². The lowest BCUT2D eigenvalue weighted by Gasteiger charge is -2.20. The van der Waals surface area contributed by atoms with Crippen LogP contribution >= 0.6 is 11.6 Å². The number of aryl methyl sites for hydroxylation is 2. The van der Waals surface area contributed by atoms with Crippen LogP contribution in [0, 0.1) is 6.92 Å². The predicted molar refractivity (Wildman–Crippen MR) is 90.1 cm³/mol. The van der Waals surface area contributed by atoms with Crippen LogP contribution in [0.5, 0.6) is 0 Å². The molecule has 0 aliphatic carbocycles. The number of halogens is 1. The van der Waals surface area contributed by atoms with Crippen molar-refractivity contribution < 1.29 is 19.4 Å². The number of likely N-dealkylation sites (N-methyl/N-ethyl adjacent to an activating group) is 1. The van der Waals surface area contributed by atoms with E-state index in [4.69, 9.17) is 21.1 Å². The van der Waals surface area contributed by atoms with Gasteiger partial charge >= 0.3 is 6.03 Å². The lowest BCUT2D eigenvalue weighted by molar-refractivity contribution is 0.0750. The quantitative estimate of drug-likeness (QED) is 0.781. The highest BCUT2D eigenvalue weighted by molar-refractivity contribution is 6.32. The van der Waals surface area contributed by atoms with Gasteiger partial charge in [-0.2, -0.15) is 0 Å². The maximum Gasteiger partial charge on any atom is 0.321 e. The first-order valence-electron chi connectivity index (χ1n) is 7.39. The summed E-state index contributed by atoms with van der Waals surface area (Å²) in [4.78, 5) is 13.5. The number of nitrogens with one attached hydrogen (secondary N) is 1. The van der Waals surface area contributed by atoms with E-state index >= 15 is 0 Å². The molecule has 1 atom stereocenters. The van der Waals surface area contributed by atoms with E-state index in [1.807, 2.05) is 19.9 Å². The Labute approximate surface area is 139 Å². The fourth-order valence-corrected chi connectivity index (χ4v) is 2.65. The smallest absolute Gasteiger partial charge is 0.321 e. The molecule has 3 N–H and O–H groups in total. The number of hydrogen-bond donors (Lipinski definition) is 3. The maximum atomic E-state index is 12.2. The second kappa shape index (κ2) is 7.21. The van der Waals surface area contributed by atoms with E-state index in [0.29, 0.717) is 16.3 Å². The van der Waals surface area contributed by atoms with E-state index in [0.717, 1.165) is 23.1 Å². The minimum absolute atomic E-state index is 0.0173. The van der Waals surface area contributed by atoms with Crippen molar-refractivity contribution in [2.75, 3.05) is 25.5 Å². The summed E-state index contributed by atoms with van der Waals surface area (Å²) < 4.78 is 5.84. The van der Waals surface area contributed by atoms with Gasteiger partial charge in [0.2, 0.25) is 0 Å². The van der Waals surface area contributed by atoms with Gasteiger partial charge in [0.25, 0.3) is 0 Å². The van der Waals surface area contributed by atoms with E-state index in [9.17, 15) is 9.90 Å². The van der Waals surface area contributed by atoms with E-state index < -0.39 is 18.7 Å². The van der Waals surface area contributed by atoms with E-state index in [1.54, 1.807) is 6.07 Å². The molecule has 0 unspecified atom stereocenters. The molecule has 2 amide bonds. The van der Waals surface area contributed by atoms with Crippen molar-refractivity contribution in [2.45, 2.75) is 26.4 Å². The van der Waals surface area contributed by atoms with Gasteiger partial charge < -0.3 is 24.8 Å². The lowest BCUT2D eigenvalue weighted by atomic mass is 10.1. The molecule has 0 spiro atoms. The van der Waals surface area contributed by atoms with Crippen LogP contribution in [0.25, 0.3) is 11.0 Å². The highest BCUT2D eigenvalue weighted by Crippen LogP contribution is 2.34. The van der Waals surface area contributed by atoms with Gasteiger partial charge in [-0.25, -0.2) is 4.79 Å². The topological polar surface area (TPSA) is 85.9 Å². The zero-order valence-corrected chi connectivity index (χ0v) is 14.1. The summed E-state index contributed by atoms with van der Waals surface area (Å²) in [6, 6.07) is 3.01. The van der Waals surface area contributed by atoms with Crippen LogP contribution in [0.1, 0.15) is 18.2 Å². The number of hydrogen-bond acceptors (Lipinski definition) is 4. The van der Waals surface area contributed by atoms with Gasteiger partial charge in [0.15, 0.2) is 5.58 Å². The van der Waals surface area contributed by atoms with Crippen molar-refractivity contribution in [2.24, 2.45) is 0 Å². The van der Waals surface area contributed by atoms with Crippen molar-refractivity contribution in [3.63, 3.8) is 0 Å². The molecule has 1 aromatic heterocycles. The van der Waals surface area contributed by atoms with Crippen LogP contribution in [0.2, 0.25) is 5.02 Å². The van der Waals surface area contributed by atoms with Crippen LogP contribution in [-0.4, -0.2) is 47.4 Å². The number of fused-ring (bicyclic) bond motifs is 1. The van der Waals surface area contributed by atoms with Crippen LogP contribution < -0.4 is 5.32 Å². The van der Waals surface area contributed by atoms with Crippen molar-refractivity contribution in [3.8, 4) is 0 Å². The number of aliphatic hydroxyl groups excluding tert-OH is 2. The molecule has 1 aromatic carbocycles. The molecule has 0 aliphatic heterocycles. The molecule has 6 nitrogen and oxygen atoms in total. The van der Waals surface area contributed by atoms with Gasteiger partial charge in [0.05, 0.1) is 24.9 Å². The summed E-state index contributed by atoms with van der Waals surface area (Å²) >= 11 is 6.14. The van der Waals surface area contributed by atoms with Crippen LogP contribution in [0.15, 0.2) is 16.5 Å². The lowest BCUT2D eigenvalue weighted by Crippen LogP contribution is -2.38. The van der Waals surface area contributed by atoms with Gasteiger partial charge in [-0.05, 0) is 24.6 Å². The minimum Gasteiger partial charge on any atom is -0.459 e. The zero-order valence-electron chi connectivity index (χ0n) is 13.4. The number of aliphatic hydroxyl groups is 2. The average Bonchev–Trinajstić information content (AvgIpc) is 2.83. The Hall–Kier alpha value is -1.76. The molecule has 0 aliphatic rings. The van der Waals surface area contributed by atoms with Gasteiger partial charge in [0.1, 0.15) is 5.76 Å². The van der Waals surface area contributed by atoms with Crippen molar-refractivity contribution in [1.29, 1.82) is 0 Å². The molecule has 0 fully saturated rings. The Morgan fingerprint density at radius 2 is 2.17 bits per heavy atom. The molecular formula is C16H21ClN2O4. The van der Waals surface area contributed by atoms with Crippen LogP contribution in [0.3, 0.4) is 0 Å². The third kappa shape index (κ3) is 3.77. The SMILES string of the molecule is CCc1oc2c(NC(=O)N(C)C[C@@H](O)CO)cc(Cl)cc2c1C. The monoisotopic (exact) mass is 340 g/mol. The molecule has 0 saturated carbocycles. The normalized spacial score (nSPS) is 12.4. The Balaban J connectivity index is 2.31. The van der Waals surface area contributed by atoms with Gasteiger partial charge in [0, 0.05) is 23.9 Å². The third-order valence-electron chi connectivity index (χ3n) is 3.71. The van der Waals surface area contributed by atoms with Gasteiger partial charge in [-0.1, -0.05) is 18.5 Å². The number of furan rings is 1. The Morgan fingerprint density at radius 3 is 2.78 bits per heavy atom. The molecule has 0 saturated heterocycles. The fraction of sp³-hybridized carbons (Fsp3) is 0.438. The van der Waals surface area contributed by atoms with Crippen molar-refractivity contribution in [3.05, 3.63) is 28.5 Å². The maximum absolute atomic E-state index is 12.2. The number of rotatable bonds is 5. The average molecular weight is 341 g/mol. The summed E-state index contributed by atoms with van der Waals surface area (Å²) in [7, 11) is 1.53. The van der Waals surface area contributed by atoms with Gasteiger partial charge in [-0.15, -0.1) is 0 Å². The molecule has 2 rings (SSSR count). The van der Waals surface area contributed by atoms with Crippen LogP contribution in [0.4, 0.5) is 10.5 Å². The standard InChI is InChI=1S/C16H21ClN2O4/c1-4-14-9(2)12-5-10(17)6-13(15(12)23-14)18-16(22)19(3)7-11(21)8-20/h5-6,11,20-21H,4,7-8H2,1-3H3,(H,18,22)/t11-/m1/s1. The third-order valence-corrected chi connectivity index (χ3v) is 3.92. The summed E-state index contributed by atoms with van der Waals surface area (Å²) in [5.41, 5.74) is 2.06.